The Bertz CT molecular complexity index is 645. The fourth-order valence-corrected chi connectivity index (χ4v) is 7.54. The number of carbonyl (C=O) groups excluding carboxylic acids is 2. The quantitative estimate of drug-likeness (QED) is 0.375. The molecule has 27 heavy (non-hydrogen) atoms. The van der Waals surface area contributed by atoms with Gasteiger partial charge < -0.3 is 4.43 Å². The molecular formula is C22H33NO3Si. The molecule has 5 heteroatoms. The molecule has 1 aromatic rings. The van der Waals surface area contributed by atoms with Crippen LogP contribution in [-0.4, -0.2) is 37.2 Å². The van der Waals surface area contributed by atoms with Crippen LogP contribution in [0.3, 0.4) is 0 Å². The Kier molecular flexibility index (Phi) is 6.53. The predicted octanol–water partition coefficient (Wildman–Crippen LogP) is 5.01. The van der Waals surface area contributed by atoms with Gasteiger partial charge in [0.25, 0.3) is 11.8 Å². The van der Waals surface area contributed by atoms with Gasteiger partial charge in [0, 0.05) is 5.56 Å². The van der Waals surface area contributed by atoms with E-state index in [0.717, 1.165) is 31.0 Å². The van der Waals surface area contributed by atoms with Gasteiger partial charge in [-0.2, -0.15) is 0 Å². The number of rotatable bonds is 7. The Balaban J connectivity index is 1.85. The summed E-state index contributed by atoms with van der Waals surface area (Å²) in [5, 5.41) is 0. The van der Waals surface area contributed by atoms with Crippen molar-refractivity contribution in [1.82, 2.24) is 4.90 Å². The van der Waals surface area contributed by atoms with Crippen LogP contribution >= 0.6 is 0 Å². The molecule has 0 bridgehead atoms. The Morgan fingerprint density at radius 1 is 1.04 bits per heavy atom. The van der Waals surface area contributed by atoms with Gasteiger partial charge in [0.05, 0.1) is 6.04 Å². The molecule has 148 valence electrons. The molecule has 1 heterocycles. The molecule has 3 rings (SSSR count). The van der Waals surface area contributed by atoms with E-state index < -0.39 is 14.4 Å². The first-order valence-electron chi connectivity index (χ1n) is 10.7. The van der Waals surface area contributed by atoms with E-state index in [2.05, 4.69) is 20.8 Å². The Morgan fingerprint density at radius 2 is 1.63 bits per heavy atom. The van der Waals surface area contributed by atoms with Crippen molar-refractivity contribution in [1.29, 1.82) is 0 Å². The van der Waals surface area contributed by atoms with Crippen LogP contribution in [0.5, 0.6) is 0 Å². The number of likely N-dealkylation sites (tertiary alicyclic amines) is 1. The second kappa shape index (κ2) is 8.70. The Hall–Kier alpha value is -1.46. The molecule has 2 amide bonds. The SMILES string of the molecule is CC[Si](CC)(CC)O[C@H]1C(=O)N(C(=O)c2ccccc2)[C@H]1C1CCCCC1. The topological polar surface area (TPSA) is 46.6 Å². The van der Waals surface area contributed by atoms with Gasteiger partial charge in [-0.25, -0.2) is 0 Å². The zero-order valence-electron chi connectivity index (χ0n) is 16.9. The molecule has 2 atom stereocenters. The van der Waals surface area contributed by atoms with Crippen molar-refractivity contribution >= 4 is 20.1 Å². The molecule has 0 radical (unpaired) electrons. The average Bonchev–Trinajstić information content (AvgIpc) is 2.74. The van der Waals surface area contributed by atoms with E-state index in [1.165, 1.54) is 24.2 Å². The smallest absolute Gasteiger partial charge is 0.260 e. The second-order valence-corrected chi connectivity index (χ2v) is 12.8. The average molecular weight is 388 g/mol. The molecule has 1 aliphatic heterocycles. The molecule has 4 nitrogen and oxygen atoms in total. The first kappa shape index (κ1) is 20.3. The van der Waals surface area contributed by atoms with E-state index in [9.17, 15) is 9.59 Å². The maximum absolute atomic E-state index is 13.1. The number of benzene rings is 1. The minimum atomic E-state index is -1.90. The van der Waals surface area contributed by atoms with Crippen molar-refractivity contribution in [3.63, 3.8) is 0 Å². The van der Waals surface area contributed by atoms with Gasteiger partial charge in [0.2, 0.25) is 0 Å². The number of imide groups is 1. The lowest BCUT2D eigenvalue weighted by Crippen LogP contribution is -2.71. The molecule has 1 saturated carbocycles. The standard InChI is InChI=1S/C22H33NO3Si/c1-4-27(5-2,6-3)26-20-19(17-13-9-7-10-14-17)23(22(20)25)21(24)18-15-11-8-12-16-18/h8,11-12,15-17,19-20H,4-7,9-10,13-14H2,1-3H3/t19-,20+/m0/s1. The molecule has 1 aromatic carbocycles. The number of β-lactam (4-membered cyclic amide) rings is 1. The molecule has 0 aromatic heterocycles. The first-order valence-corrected chi connectivity index (χ1v) is 13.2. The maximum Gasteiger partial charge on any atom is 0.260 e. The molecule has 1 aliphatic carbocycles. The monoisotopic (exact) mass is 387 g/mol. The van der Waals surface area contributed by atoms with E-state index in [1.807, 2.05) is 18.2 Å². The summed E-state index contributed by atoms with van der Waals surface area (Å²) in [4.78, 5) is 27.7. The number of hydrogen-bond donors (Lipinski definition) is 0. The van der Waals surface area contributed by atoms with Crippen molar-refractivity contribution in [3.8, 4) is 0 Å². The van der Waals surface area contributed by atoms with Gasteiger partial charge in [-0.3, -0.25) is 14.5 Å². The van der Waals surface area contributed by atoms with Crippen LogP contribution in [0.1, 0.15) is 63.2 Å². The lowest BCUT2D eigenvalue weighted by atomic mass is 9.76. The lowest BCUT2D eigenvalue weighted by Gasteiger charge is -2.52. The highest BCUT2D eigenvalue weighted by molar-refractivity contribution is 6.73. The Labute approximate surface area is 164 Å². The van der Waals surface area contributed by atoms with Crippen molar-refractivity contribution in [3.05, 3.63) is 35.9 Å². The van der Waals surface area contributed by atoms with E-state index in [1.54, 1.807) is 12.1 Å². The van der Waals surface area contributed by atoms with Gasteiger partial charge >= 0.3 is 0 Å². The summed E-state index contributed by atoms with van der Waals surface area (Å²) in [6, 6.07) is 12.2. The first-order chi connectivity index (χ1) is 13.1. The maximum atomic E-state index is 13.1. The third-order valence-corrected chi connectivity index (χ3v) is 11.4. The van der Waals surface area contributed by atoms with Crippen LogP contribution in [-0.2, 0) is 9.22 Å². The molecule has 2 fully saturated rings. The van der Waals surface area contributed by atoms with Crippen LogP contribution in [0.25, 0.3) is 0 Å². The lowest BCUT2D eigenvalue weighted by molar-refractivity contribution is -0.163. The number of nitrogens with zero attached hydrogens (tertiary/aromatic N) is 1. The van der Waals surface area contributed by atoms with Crippen molar-refractivity contribution in [2.24, 2.45) is 5.92 Å². The molecule has 0 spiro atoms. The highest BCUT2D eigenvalue weighted by Gasteiger charge is 2.56. The van der Waals surface area contributed by atoms with Crippen molar-refractivity contribution in [2.75, 3.05) is 0 Å². The van der Waals surface area contributed by atoms with Gasteiger partial charge in [0.1, 0.15) is 6.10 Å². The van der Waals surface area contributed by atoms with E-state index in [0.29, 0.717) is 11.5 Å². The third-order valence-electron chi connectivity index (χ3n) is 6.77. The highest BCUT2D eigenvalue weighted by Crippen LogP contribution is 2.40. The number of carbonyl (C=O) groups is 2. The van der Waals surface area contributed by atoms with Gasteiger partial charge in [-0.15, -0.1) is 0 Å². The largest absolute Gasteiger partial charge is 0.403 e. The zero-order valence-corrected chi connectivity index (χ0v) is 17.9. The molecular weight excluding hydrogens is 354 g/mol. The fraction of sp³-hybridized carbons (Fsp3) is 0.636. The summed E-state index contributed by atoms with van der Waals surface area (Å²) in [6.07, 6.45) is 5.41. The molecule has 2 aliphatic rings. The minimum absolute atomic E-state index is 0.0815. The van der Waals surface area contributed by atoms with Crippen LogP contribution in [0, 0.1) is 5.92 Å². The van der Waals surface area contributed by atoms with E-state index >= 15 is 0 Å². The highest BCUT2D eigenvalue weighted by atomic mass is 28.4. The summed E-state index contributed by atoms with van der Waals surface area (Å²) >= 11 is 0. The zero-order chi connectivity index (χ0) is 19.4. The number of amides is 2. The van der Waals surface area contributed by atoms with Crippen molar-refractivity contribution in [2.45, 2.75) is 83.2 Å². The van der Waals surface area contributed by atoms with Gasteiger partial charge in [-0.1, -0.05) is 58.2 Å². The van der Waals surface area contributed by atoms with Crippen LogP contribution < -0.4 is 0 Å². The van der Waals surface area contributed by atoms with Crippen LogP contribution in [0.4, 0.5) is 0 Å². The summed E-state index contributed by atoms with van der Waals surface area (Å²) in [5.74, 6) is 0.103. The minimum Gasteiger partial charge on any atom is -0.403 e. The second-order valence-electron chi connectivity index (χ2n) is 8.05. The van der Waals surface area contributed by atoms with Crippen molar-refractivity contribution < 1.29 is 14.0 Å². The summed E-state index contributed by atoms with van der Waals surface area (Å²) in [5.41, 5.74) is 0.593. The van der Waals surface area contributed by atoms with E-state index in [-0.39, 0.29) is 17.9 Å². The number of hydrogen-bond acceptors (Lipinski definition) is 3. The molecule has 0 unspecified atom stereocenters. The molecule has 1 saturated heterocycles. The normalized spacial score (nSPS) is 24.0. The third kappa shape index (κ3) is 3.90. The van der Waals surface area contributed by atoms with E-state index in [4.69, 9.17) is 4.43 Å². The molecule has 0 N–H and O–H groups in total. The summed E-state index contributed by atoms with van der Waals surface area (Å²) in [6.45, 7) is 6.56. The fourth-order valence-electron chi connectivity index (χ4n) is 4.76. The summed E-state index contributed by atoms with van der Waals surface area (Å²) < 4.78 is 6.61. The predicted molar refractivity (Wildman–Crippen MR) is 110 cm³/mol. The van der Waals surface area contributed by atoms with Gasteiger partial charge in [0.15, 0.2) is 8.32 Å². The summed E-state index contributed by atoms with van der Waals surface area (Å²) in [7, 11) is -1.90. The Morgan fingerprint density at radius 3 is 2.19 bits per heavy atom. The van der Waals surface area contributed by atoms with Gasteiger partial charge in [-0.05, 0) is 49.0 Å². The van der Waals surface area contributed by atoms with Crippen LogP contribution in [0.15, 0.2) is 30.3 Å². The van der Waals surface area contributed by atoms with Crippen LogP contribution in [0.2, 0.25) is 18.1 Å².